The van der Waals surface area contributed by atoms with Crippen molar-refractivity contribution in [1.29, 1.82) is 0 Å². The molecule has 1 fully saturated rings. The number of unbranched alkanes of at least 4 members (excludes halogenated alkanes) is 3. The third-order valence-electron chi connectivity index (χ3n) is 5.94. The van der Waals surface area contributed by atoms with Crippen molar-refractivity contribution in [2.24, 2.45) is 5.92 Å². The second-order valence-electron chi connectivity index (χ2n) is 8.73. The number of hydrogen-bond acceptors (Lipinski definition) is 9. The summed E-state index contributed by atoms with van der Waals surface area (Å²) < 4.78 is 16.4. The first-order valence-electron chi connectivity index (χ1n) is 12.0. The van der Waals surface area contributed by atoms with E-state index in [0.717, 1.165) is 19.3 Å². The number of anilines is 1. The first-order chi connectivity index (χ1) is 17.1. The summed E-state index contributed by atoms with van der Waals surface area (Å²) in [6, 6.07) is 2.70. The zero-order valence-electron chi connectivity index (χ0n) is 20.9. The molecule has 1 aliphatic rings. The van der Waals surface area contributed by atoms with Gasteiger partial charge >= 0.3 is 17.9 Å². The zero-order chi connectivity index (χ0) is 26.8. The highest BCUT2D eigenvalue weighted by atomic mass is 16.6. The summed E-state index contributed by atoms with van der Waals surface area (Å²) in [6.07, 6.45) is 1.06. The van der Waals surface area contributed by atoms with E-state index in [-0.39, 0.29) is 11.3 Å². The van der Waals surface area contributed by atoms with Crippen LogP contribution in [-0.4, -0.2) is 59.7 Å². The monoisotopic (exact) mass is 506 g/mol. The molecule has 36 heavy (non-hydrogen) atoms. The van der Waals surface area contributed by atoms with Gasteiger partial charge in [-0.3, -0.25) is 19.2 Å². The first kappa shape index (κ1) is 28.6. The van der Waals surface area contributed by atoms with Crippen LogP contribution in [0.1, 0.15) is 70.2 Å². The second kappa shape index (κ2) is 13.5. The third kappa shape index (κ3) is 7.43. The van der Waals surface area contributed by atoms with E-state index in [2.05, 4.69) is 17.6 Å². The Bertz CT molecular complexity index is 965. The molecule has 0 spiro atoms. The minimum absolute atomic E-state index is 0.00192. The molecule has 1 saturated heterocycles. The number of aromatic hydroxyl groups is 1. The number of rotatable bonds is 10. The number of carbonyl (C=O) groups excluding carboxylic acids is 5. The molecule has 0 radical (unpaired) electrons. The molecule has 2 rings (SSSR count). The lowest BCUT2D eigenvalue weighted by atomic mass is 9.92. The molecule has 3 N–H and O–H groups in total. The van der Waals surface area contributed by atoms with Crippen LogP contribution in [0.3, 0.4) is 0 Å². The van der Waals surface area contributed by atoms with Crippen molar-refractivity contribution >= 4 is 35.9 Å². The quantitative estimate of drug-likeness (QED) is 0.142. The van der Waals surface area contributed by atoms with Crippen molar-refractivity contribution in [3.05, 3.63) is 23.8 Å². The number of amides is 2. The number of benzene rings is 1. The number of cyclic esters (lactones) is 2. The van der Waals surface area contributed by atoms with Gasteiger partial charge in [-0.2, -0.15) is 0 Å². The van der Waals surface area contributed by atoms with Gasteiger partial charge in [0.05, 0.1) is 17.2 Å². The SMILES string of the molecule is CCCCCCC1C(=O)OC(C)C(NC(=O)c2cccc(NC=O)c2O)C(=O)OC(C)C1OC(C)=O. The van der Waals surface area contributed by atoms with Crippen molar-refractivity contribution in [3.63, 3.8) is 0 Å². The molecule has 198 valence electrons. The van der Waals surface area contributed by atoms with Crippen molar-refractivity contribution in [1.82, 2.24) is 5.32 Å². The van der Waals surface area contributed by atoms with Gasteiger partial charge in [0.15, 0.2) is 17.9 Å². The Morgan fingerprint density at radius 3 is 2.42 bits per heavy atom. The number of nitrogens with one attached hydrogen (secondary N) is 2. The molecule has 1 heterocycles. The average Bonchev–Trinajstić information content (AvgIpc) is 2.84. The second-order valence-corrected chi connectivity index (χ2v) is 8.73. The lowest BCUT2D eigenvalue weighted by Crippen LogP contribution is -2.50. The zero-order valence-corrected chi connectivity index (χ0v) is 20.9. The topological polar surface area (TPSA) is 157 Å². The predicted octanol–water partition coefficient (Wildman–Crippen LogP) is 2.45. The Balaban J connectivity index is 2.31. The highest BCUT2D eigenvalue weighted by molar-refractivity contribution is 6.01. The van der Waals surface area contributed by atoms with Gasteiger partial charge in [0, 0.05) is 6.92 Å². The molecule has 1 aliphatic heterocycles. The molecule has 0 saturated carbocycles. The van der Waals surface area contributed by atoms with E-state index in [1.165, 1.54) is 39.0 Å². The Hall–Kier alpha value is -3.63. The Kier molecular flexibility index (Phi) is 10.7. The number of carbonyl (C=O) groups is 5. The molecule has 1 aromatic rings. The number of esters is 3. The van der Waals surface area contributed by atoms with Crippen LogP contribution in [0.15, 0.2) is 18.2 Å². The molecular formula is C25H34N2O9. The van der Waals surface area contributed by atoms with Crippen LogP contribution in [0.2, 0.25) is 0 Å². The summed E-state index contributed by atoms with van der Waals surface area (Å²) in [6.45, 7) is 6.20. The number of ether oxygens (including phenoxy) is 3. The van der Waals surface area contributed by atoms with Crippen LogP contribution < -0.4 is 10.6 Å². The van der Waals surface area contributed by atoms with E-state index in [1.807, 2.05) is 0 Å². The van der Waals surface area contributed by atoms with Gasteiger partial charge in [0.1, 0.15) is 12.2 Å². The molecule has 11 nitrogen and oxygen atoms in total. The van der Waals surface area contributed by atoms with Crippen LogP contribution >= 0.6 is 0 Å². The summed E-state index contributed by atoms with van der Waals surface area (Å²) in [5.74, 6) is -4.42. The number of para-hydroxylation sites is 1. The summed E-state index contributed by atoms with van der Waals surface area (Å²) in [5, 5.41) is 15.0. The number of phenolic OH excluding ortho intramolecular Hbond substituents is 1. The standard InChI is InChI=1S/C25H34N2O9/c1-5-6-7-8-10-18-22(36-16(4)29)15(3)35-25(33)20(14(2)34-24(18)32)27-23(31)17-11-9-12-19(21(17)30)26-13-28/h9,11-15,18,20,22,30H,5-8,10H2,1-4H3,(H,26,28)(H,27,31). The first-order valence-corrected chi connectivity index (χ1v) is 12.0. The Labute approximate surface area is 209 Å². The smallest absolute Gasteiger partial charge is 0.332 e. The lowest BCUT2D eigenvalue weighted by Gasteiger charge is -2.28. The molecule has 5 unspecified atom stereocenters. The summed E-state index contributed by atoms with van der Waals surface area (Å²) in [5.41, 5.74) is -0.217. The van der Waals surface area contributed by atoms with Crippen LogP contribution in [0, 0.1) is 5.92 Å². The highest BCUT2D eigenvalue weighted by Crippen LogP contribution is 2.28. The van der Waals surface area contributed by atoms with Crippen molar-refractivity contribution in [2.75, 3.05) is 5.32 Å². The number of phenols is 1. The summed E-state index contributed by atoms with van der Waals surface area (Å²) in [7, 11) is 0. The molecule has 0 aromatic heterocycles. The van der Waals surface area contributed by atoms with Gasteiger partial charge in [-0.1, -0.05) is 38.7 Å². The maximum atomic E-state index is 13.1. The molecule has 1 aromatic carbocycles. The fourth-order valence-corrected chi connectivity index (χ4v) is 4.06. The summed E-state index contributed by atoms with van der Waals surface area (Å²) >= 11 is 0. The highest BCUT2D eigenvalue weighted by Gasteiger charge is 2.43. The third-order valence-corrected chi connectivity index (χ3v) is 5.94. The molecule has 2 amide bonds. The summed E-state index contributed by atoms with van der Waals surface area (Å²) in [4.78, 5) is 61.5. The fourth-order valence-electron chi connectivity index (χ4n) is 4.06. The van der Waals surface area contributed by atoms with Gasteiger partial charge in [-0.15, -0.1) is 0 Å². The van der Waals surface area contributed by atoms with Crippen LogP contribution in [0.4, 0.5) is 5.69 Å². The van der Waals surface area contributed by atoms with Crippen LogP contribution in [0.25, 0.3) is 0 Å². The minimum atomic E-state index is -1.41. The van der Waals surface area contributed by atoms with Gasteiger partial charge < -0.3 is 30.0 Å². The normalized spacial score (nSPS) is 24.3. The Morgan fingerprint density at radius 2 is 1.78 bits per heavy atom. The van der Waals surface area contributed by atoms with E-state index >= 15 is 0 Å². The molecular weight excluding hydrogens is 472 g/mol. The van der Waals surface area contributed by atoms with Gasteiger partial charge in [-0.05, 0) is 32.4 Å². The predicted molar refractivity (Wildman–Crippen MR) is 128 cm³/mol. The molecule has 0 aliphatic carbocycles. The largest absolute Gasteiger partial charge is 0.505 e. The van der Waals surface area contributed by atoms with Crippen molar-refractivity contribution < 1.29 is 43.3 Å². The lowest BCUT2D eigenvalue weighted by molar-refractivity contribution is -0.173. The van der Waals surface area contributed by atoms with Gasteiger partial charge in [0.2, 0.25) is 6.41 Å². The van der Waals surface area contributed by atoms with E-state index in [4.69, 9.17) is 14.2 Å². The molecule has 5 atom stereocenters. The Morgan fingerprint density at radius 1 is 1.08 bits per heavy atom. The maximum Gasteiger partial charge on any atom is 0.332 e. The van der Waals surface area contributed by atoms with E-state index < -0.39 is 59.8 Å². The van der Waals surface area contributed by atoms with Crippen LogP contribution in [-0.2, 0) is 33.4 Å². The van der Waals surface area contributed by atoms with E-state index in [9.17, 15) is 29.1 Å². The van der Waals surface area contributed by atoms with Crippen molar-refractivity contribution in [2.45, 2.75) is 84.2 Å². The maximum absolute atomic E-state index is 13.1. The average molecular weight is 507 g/mol. The number of hydrogen-bond donors (Lipinski definition) is 3. The minimum Gasteiger partial charge on any atom is -0.505 e. The van der Waals surface area contributed by atoms with Gasteiger partial charge in [-0.25, -0.2) is 4.79 Å². The van der Waals surface area contributed by atoms with E-state index in [0.29, 0.717) is 19.3 Å². The van der Waals surface area contributed by atoms with Gasteiger partial charge in [0.25, 0.3) is 5.91 Å². The van der Waals surface area contributed by atoms with Crippen LogP contribution in [0.5, 0.6) is 5.75 Å². The fraction of sp³-hybridized carbons (Fsp3) is 0.560. The van der Waals surface area contributed by atoms with E-state index in [1.54, 1.807) is 0 Å². The van der Waals surface area contributed by atoms with Crippen molar-refractivity contribution in [3.8, 4) is 5.75 Å². The molecule has 0 bridgehead atoms. The molecule has 11 heteroatoms.